The molecule has 57 heavy (non-hydrogen) atoms. The van der Waals surface area contributed by atoms with Crippen LogP contribution in [0.25, 0.3) is 69.9 Å². The first-order chi connectivity index (χ1) is 28.2. The second kappa shape index (κ2) is 14.0. The number of hydrogen-bond donors (Lipinski definition) is 0. The molecule has 0 fully saturated rings. The maximum Gasteiger partial charge on any atom is 0.136 e. The lowest BCUT2D eigenvalue weighted by atomic mass is 9.85. The number of anilines is 3. The SMILES string of the molecule is C1=CC(c2cccc(N(c3ccccc3)c3ccccc3)c2)CC(c2ccc3sc4ccc(-c5ccc6c(c5)oc5ccc(-c7ccccc7)cc56)cc4c3c2)=C1. The number of para-hydroxylation sites is 2. The molecule has 270 valence electrons. The lowest BCUT2D eigenvalue weighted by Gasteiger charge is -2.27. The molecule has 1 aliphatic carbocycles. The van der Waals surface area contributed by atoms with Gasteiger partial charge in [0.25, 0.3) is 0 Å². The van der Waals surface area contributed by atoms with Crippen LogP contribution in [-0.2, 0) is 0 Å². The molecule has 0 saturated carbocycles. The molecule has 0 aliphatic heterocycles. The maximum atomic E-state index is 6.42. The van der Waals surface area contributed by atoms with Gasteiger partial charge < -0.3 is 9.32 Å². The van der Waals surface area contributed by atoms with Crippen molar-refractivity contribution in [2.24, 2.45) is 0 Å². The van der Waals surface area contributed by atoms with Crippen molar-refractivity contribution in [1.29, 1.82) is 0 Å². The van der Waals surface area contributed by atoms with Crippen molar-refractivity contribution < 1.29 is 4.42 Å². The molecule has 0 N–H and O–H groups in total. The first-order valence-corrected chi connectivity index (χ1v) is 20.4. The van der Waals surface area contributed by atoms with Gasteiger partial charge in [0.1, 0.15) is 11.2 Å². The fourth-order valence-electron chi connectivity index (χ4n) is 8.54. The summed E-state index contributed by atoms with van der Waals surface area (Å²) in [5.41, 5.74) is 14.0. The Morgan fingerprint density at radius 2 is 1.04 bits per heavy atom. The Hall–Kier alpha value is -6.94. The van der Waals surface area contributed by atoms with E-state index in [9.17, 15) is 0 Å². The van der Waals surface area contributed by atoms with Crippen molar-refractivity contribution in [3.8, 4) is 22.3 Å². The van der Waals surface area contributed by atoms with Crippen LogP contribution in [0.5, 0.6) is 0 Å². The molecule has 2 aromatic heterocycles. The highest BCUT2D eigenvalue weighted by molar-refractivity contribution is 7.25. The van der Waals surface area contributed by atoms with Crippen molar-refractivity contribution in [1.82, 2.24) is 0 Å². The third kappa shape index (κ3) is 6.14. The summed E-state index contributed by atoms with van der Waals surface area (Å²) < 4.78 is 9.03. The number of allylic oxidation sites excluding steroid dienone is 4. The van der Waals surface area contributed by atoms with Crippen molar-refractivity contribution in [2.45, 2.75) is 12.3 Å². The van der Waals surface area contributed by atoms with Gasteiger partial charge in [0.05, 0.1) is 0 Å². The number of thiophene rings is 1. The highest BCUT2D eigenvalue weighted by Crippen LogP contribution is 2.42. The molecular formula is C54H37NOS. The van der Waals surface area contributed by atoms with Crippen molar-refractivity contribution in [2.75, 3.05) is 4.90 Å². The van der Waals surface area contributed by atoms with E-state index in [0.29, 0.717) is 0 Å². The van der Waals surface area contributed by atoms with Gasteiger partial charge in [0.15, 0.2) is 0 Å². The molecule has 0 bridgehead atoms. The zero-order chi connectivity index (χ0) is 37.7. The molecule has 0 amide bonds. The Bertz CT molecular complexity index is 3110. The van der Waals surface area contributed by atoms with Gasteiger partial charge in [-0.15, -0.1) is 11.3 Å². The van der Waals surface area contributed by atoms with Gasteiger partial charge >= 0.3 is 0 Å². The normalized spacial score (nSPS) is 14.1. The average Bonchev–Trinajstić information content (AvgIpc) is 3.84. The zero-order valence-electron chi connectivity index (χ0n) is 31.2. The van der Waals surface area contributed by atoms with Crippen molar-refractivity contribution >= 4 is 76.1 Å². The lowest BCUT2D eigenvalue weighted by Crippen LogP contribution is -2.10. The Morgan fingerprint density at radius 1 is 0.439 bits per heavy atom. The van der Waals surface area contributed by atoms with E-state index in [0.717, 1.165) is 51.0 Å². The fourth-order valence-corrected chi connectivity index (χ4v) is 9.61. The average molecular weight is 748 g/mol. The van der Waals surface area contributed by atoms with Gasteiger partial charge in [-0.3, -0.25) is 0 Å². The summed E-state index contributed by atoms with van der Waals surface area (Å²) in [4.78, 5) is 2.34. The Kier molecular flexibility index (Phi) is 8.19. The highest BCUT2D eigenvalue weighted by atomic mass is 32.1. The summed E-state index contributed by atoms with van der Waals surface area (Å²) in [5, 5.41) is 4.89. The second-order valence-corrected chi connectivity index (χ2v) is 16.0. The summed E-state index contributed by atoms with van der Waals surface area (Å²) in [5.74, 6) is 0.276. The lowest BCUT2D eigenvalue weighted by molar-refractivity contribution is 0.669. The number of nitrogens with zero attached hydrogens (tertiary/aromatic N) is 1. The van der Waals surface area contributed by atoms with E-state index in [2.05, 4.69) is 211 Å². The van der Waals surface area contributed by atoms with Crippen LogP contribution in [0.4, 0.5) is 17.1 Å². The highest BCUT2D eigenvalue weighted by Gasteiger charge is 2.19. The minimum atomic E-state index is 0.276. The first kappa shape index (κ1) is 33.4. The number of hydrogen-bond acceptors (Lipinski definition) is 3. The van der Waals surface area contributed by atoms with E-state index >= 15 is 0 Å². The van der Waals surface area contributed by atoms with Crippen LogP contribution >= 0.6 is 11.3 Å². The second-order valence-electron chi connectivity index (χ2n) is 14.9. The summed E-state index contributed by atoms with van der Waals surface area (Å²) >= 11 is 1.87. The number of rotatable bonds is 7. The van der Waals surface area contributed by atoms with Gasteiger partial charge in [0, 0.05) is 53.9 Å². The van der Waals surface area contributed by atoms with Gasteiger partial charge in [-0.05, 0) is 130 Å². The molecule has 2 heterocycles. The standard InChI is InChI=1S/C54H37NOS/c1-4-12-36(13-5-1)40-23-27-51-48(32-40)47-26-22-43(35-52(47)56-51)42-25-29-54-50(34-42)49-33-41(24-28-53(49)57-54)38-15-10-14-37(30-38)39-16-11-21-46(31-39)55(44-17-6-2-7-18-44)45-19-8-3-9-20-45/h1-29,31-35,37H,30H2. The maximum absolute atomic E-state index is 6.42. The fraction of sp³-hybridized carbons (Fsp3) is 0.0370. The van der Waals surface area contributed by atoms with E-state index in [-0.39, 0.29) is 5.92 Å². The van der Waals surface area contributed by atoms with Gasteiger partial charge in [0.2, 0.25) is 0 Å². The molecule has 1 atom stereocenters. The largest absolute Gasteiger partial charge is 0.456 e. The third-order valence-corrected chi connectivity index (χ3v) is 12.6. The van der Waals surface area contributed by atoms with Gasteiger partial charge in [-0.1, -0.05) is 121 Å². The Balaban J connectivity index is 0.899. The molecule has 0 saturated heterocycles. The summed E-state index contributed by atoms with van der Waals surface area (Å²) in [7, 11) is 0. The van der Waals surface area contributed by atoms with Gasteiger partial charge in [-0.2, -0.15) is 0 Å². The Labute approximate surface area is 335 Å². The molecule has 10 aromatic rings. The molecule has 2 nitrogen and oxygen atoms in total. The van der Waals surface area contributed by atoms with E-state index in [4.69, 9.17) is 4.42 Å². The van der Waals surface area contributed by atoms with E-state index < -0.39 is 0 Å². The molecule has 1 aliphatic rings. The van der Waals surface area contributed by atoms with E-state index in [1.807, 2.05) is 11.3 Å². The summed E-state index contributed by atoms with van der Waals surface area (Å²) in [6, 6.07) is 67.9. The van der Waals surface area contributed by atoms with Crippen molar-refractivity contribution in [3.63, 3.8) is 0 Å². The van der Waals surface area contributed by atoms with Crippen LogP contribution in [-0.4, -0.2) is 0 Å². The topological polar surface area (TPSA) is 16.4 Å². The molecule has 1 unspecified atom stereocenters. The van der Waals surface area contributed by atoms with Crippen LogP contribution in [0.3, 0.4) is 0 Å². The molecule has 3 heteroatoms. The number of fused-ring (bicyclic) bond motifs is 6. The van der Waals surface area contributed by atoms with Crippen LogP contribution in [0.1, 0.15) is 23.5 Å². The van der Waals surface area contributed by atoms with Crippen molar-refractivity contribution in [3.05, 3.63) is 217 Å². The molecule has 11 rings (SSSR count). The quantitative estimate of drug-likeness (QED) is 0.161. The van der Waals surface area contributed by atoms with Crippen LogP contribution in [0, 0.1) is 0 Å². The van der Waals surface area contributed by atoms with Crippen LogP contribution in [0.15, 0.2) is 211 Å². The predicted octanol–water partition coefficient (Wildman–Crippen LogP) is 15.9. The third-order valence-electron chi connectivity index (χ3n) is 11.4. The zero-order valence-corrected chi connectivity index (χ0v) is 32.0. The predicted molar refractivity (Wildman–Crippen MR) is 243 cm³/mol. The van der Waals surface area contributed by atoms with Crippen LogP contribution in [0.2, 0.25) is 0 Å². The smallest absolute Gasteiger partial charge is 0.136 e. The summed E-state index contributed by atoms with van der Waals surface area (Å²) in [6.07, 6.45) is 7.84. The monoisotopic (exact) mass is 747 g/mol. The number of furan rings is 1. The molecule has 8 aromatic carbocycles. The number of benzene rings is 8. The van der Waals surface area contributed by atoms with Crippen LogP contribution < -0.4 is 4.90 Å². The van der Waals surface area contributed by atoms with E-state index in [1.165, 1.54) is 53.6 Å². The van der Waals surface area contributed by atoms with E-state index in [1.54, 1.807) is 0 Å². The molecule has 0 radical (unpaired) electrons. The minimum Gasteiger partial charge on any atom is -0.456 e. The van der Waals surface area contributed by atoms with Gasteiger partial charge in [-0.25, -0.2) is 0 Å². The Morgan fingerprint density at radius 3 is 1.79 bits per heavy atom. The molecular weight excluding hydrogens is 711 g/mol. The molecule has 0 spiro atoms. The summed E-state index contributed by atoms with van der Waals surface area (Å²) in [6.45, 7) is 0. The minimum absolute atomic E-state index is 0.276. The first-order valence-electron chi connectivity index (χ1n) is 19.6.